The van der Waals surface area contributed by atoms with Gasteiger partial charge in [0.25, 0.3) is 0 Å². The lowest BCUT2D eigenvalue weighted by Crippen LogP contribution is -2.46. The van der Waals surface area contributed by atoms with Crippen molar-refractivity contribution in [1.82, 2.24) is 4.90 Å². The van der Waals surface area contributed by atoms with Crippen LogP contribution in [0.2, 0.25) is 0 Å². The van der Waals surface area contributed by atoms with Gasteiger partial charge in [0.1, 0.15) is 5.60 Å². The summed E-state index contributed by atoms with van der Waals surface area (Å²) in [6, 6.07) is 5.99. The highest BCUT2D eigenvalue weighted by Crippen LogP contribution is 2.46. The van der Waals surface area contributed by atoms with E-state index in [-0.39, 0.29) is 17.3 Å². The smallest absolute Gasteiger partial charge is 0.410 e. The first-order valence-electron chi connectivity index (χ1n) is 8.01. The lowest BCUT2D eigenvalue weighted by atomic mass is 9.74. The average molecular weight is 380 g/mol. The molecular weight excluding hydrogens is 358 g/mol. The number of hydrogen-bond donors (Lipinski definition) is 0. The van der Waals surface area contributed by atoms with Crippen LogP contribution in [0.5, 0.6) is 0 Å². The molecule has 1 aliphatic heterocycles. The summed E-state index contributed by atoms with van der Waals surface area (Å²) in [4.78, 5) is 26.3. The highest BCUT2D eigenvalue weighted by molar-refractivity contribution is 9.10. The van der Waals surface area contributed by atoms with Gasteiger partial charge < -0.3 is 9.64 Å². The molecule has 1 aliphatic carbocycles. The molecule has 0 aromatic heterocycles. The van der Waals surface area contributed by atoms with E-state index in [1.807, 2.05) is 32.9 Å². The van der Waals surface area contributed by atoms with Gasteiger partial charge in [-0.3, -0.25) is 4.79 Å². The van der Waals surface area contributed by atoms with Crippen molar-refractivity contribution < 1.29 is 14.3 Å². The van der Waals surface area contributed by atoms with E-state index >= 15 is 0 Å². The number of carbonyl (C=O) groups is 2. The second kappa shape index (κ2) is 5.62. The van der Waals surface area contributed by atoms with E-state index in [1.165, 1.54) is 0 Å². The van der Waals surface area contributed by atoms with Crippen LogP contribution in [0.15, 0.2) is 22.7 Å². The Morgan fingerprint density at radius 3 is 2.52 bits per heavy atom. The Balaban J connectivity index is 1.75. The van der Waals surface area contributed by atoms with E-state index in [2.05, 4.69) is 22.0 Å². The second-order valence-electron chi connectivity index (χ2n) is 7.54. The normalized spacial score (nSPS) is 19.8. The maximum Gasteiger partial charge on any atom is 0.410 e. The van der Waals surface area contributed by atoms with Crippen molar-refractivity contribution in [2.24, 2.45) is 0 Å². The van der Waals surface area contributed by atoms with Gasteiger partial charge in [-0.15, -0.1) is 0 Å². The number of benzene rings is 1. The molecule has 0 radical (unpaired) electrons. The van der Waals surface area contributed by atoms with Crippen LogP contribution < -0.4 is 0 Å². The van der Waals surface area contributed by atoms with Crippen LogP contribution in [0.1, 0.15) is 56.0 Å². The number of nitrogens with zero attached hydrogens (tertiary/aromatic N) is 1. The van der Waals surface area contributed by atoms with Gasteiger partial charge in [0.2, 0.25) is 0 Å². The number of likely N-dealkylation sites (tertiary alicyclic amines) is 1. The van der Waals surface area contributed by atoms with Crippen molar-refractivity contribution >= 4 is 27.8 Å². The molecule has 5 heteroatoms. The molecule has 2 aliphatic rings. The molecule has 0 saturated carbocycles. The molecule has 1 spiro atoms. The topological polar surface area (TPSA) is 46.6 Å². The third-order valence-corrected chi connectivity index (χ3v) is 5.22. The summed E-state index contributed by atoms with van der Waals surface area (Å²) < 4.78 is 6.39. The number of Topliss-reactive ketones (excluding diaryl/α,β-unsaturated/α-hetero) is 1. The first-order chi connectivity index (χ1) is 10.7. The van der Waals surface area contributed by atoms with Crippen LogP contribution in [0.25, 0.3) is 0 Å². The number of ether oxygens (including phenoxy) is 1. The van der Waals surface area contributed by atoms with Gasteiger partial charge in [-0.25, -0.2) is 4.79 Å². The summed E-state index contributed by atoms with van der Waals surface area (Å²) in [5.41, 5.74) is 1.40. The monoisotopic (exact) mass is 379 g/mol. The fraction of sp³-hybridized carbons (Fsp3) is 0.556. The van der Waals surface area contributed by atoms with Crippen molar-refractivity contribution in [3.05, 3.63) is 33.8 Å². The number of carbonyl (C=O) groups excluding carboxylic acids is 2. The van der Waals surface area contributed by atoms with E-state index < -0.39 is 5.60 Å². The molecule has 1 fully saturated rings. The molecule has 1 heterocycles. The second-order valence-corrected chi connectivity index (χ2v) is 8.45. The van der Waals surface area contributed by atoms with Gasteiger partial charge >= 0.3 is 6.09 Å². The number of hydrogen-bond acceptors (Lipinski definition) is 3. The Morgan fingerprint density at radius 2 is 1.91 bits per heavy atom. The molecule has 1 amide bonds. The summed E-state index contributed by atoms with van der Waals surface area (Å²) in [6.45, 7) is 6.90. The Morgan fingerprint density at radius 1 is 1.26 bits per heavy atom. The van der Waals surface area contributed by atoms with E-state index in [4.69, 9.17) is 4.74 Å². The molecule has 1 saturated heterocycles. The first-order valence-corrected chi connectivity index (χ1v) is 8.81. The first kappa shape index (κ1) is 16.5. The Hall–Kier alpha value is -1.36. The molecular formula is C18H22BrNO3. The molecule has 3 rings (SSSR count). The highest BCUT2D eigenvalue weighted by atomic mass is 79.9. The molecule has 0 bridgehead atoms. The fourth-order valence-corrected chi connectivity index (χ4v) is 3.96. The zero-order valence-corrected chi connectivity index (χ0v) is 15.4. The number of fused-ring (bicyclic) bond motifs is 2. The number of rotatable bonds is 0. The Labute approximate surface area is 145 Å². The SMILES string of the molecule is CC(C)(C)OC(=O)N1CCC2(CC1)CC(=O)c1cc(Br)ccc12. The van der Waals surface area contributed by atoms with E-state index in [0.717, 1.165) is 28.4 Å². The largest absolute Gasteiger partial charge is 0.444 e. The lowest BCUT2D eigenvalue weighted by molar-refractivity contribution is 0.0166. The van der Waals surface area contributed by atoms with Crippen molar-refractivity contribution in [2.45, 2.75) is 51.0 Å². The standard InChI is InChI=1S/C18H22BrNO3/c1-17(2,3)23-16(22)20-8-6-18(7-9-20)11-15(21)13-10-12(19)4-5-14(13)18/h4-5,10H,6-9,11H2,1-3H3. The third kappa shape index (κ3) is 3.16. The van der Waals surface area contributed by atoms with Gasteiger partial charge in [-0.1, -0.05) is 22.0 Å². The van der Waals surface area contributed by atoms with Crippen LogP contribution >= 0.6 is 15.9 Å². The molecule has 0 atom stereocenters. The van der Waals surface area contributed by atoms with E-state index in [0.29, 0.717) is 19.5 Å². The van der Waals surface area contributed by atoms with Crippen LogP contribution in [0.4, 0.5) is 4.79 Å². The van der Waals surface area contributed by atoms with E-state index in [1.54, 1.807) is 4.90 Å². The minimum Gasteiger partial charge on any atom is -0.444 e. The van der Waals surface area contributed by atoms with Gasteiger partial charge in [0.15, 0.2) is 5.78 Å². The number of amides is 1. The molecule has 124 valence electrons. The van der Waals surface area contributed by atoms with Gasteiger partial charge in [0, 0.05) is 35.0 Å². The molecule has 1 aromatic carbocycles. The van der Waals surface area contributed by atoms with Crippen LogP contribution in [-0.2, 0) is 10.2 Å². The zero-order chi connectivity index (χ0) is 16.8. The van der Waals surface area contributed by atoms with Crippen LogP contribution in [0.3, 0.4) is 0 Å². The minimum atomic E-state index is -0.478. The van der Waals surface area contributed by atoms with Crippen molar-refractivity contribution in [3.63, 3.8) is 0 Å². The summed E-state index contributed by atoms with van der Waals surface area (Å²) in [6.07, 6.45) is 1.92. The quantitative estimate of drug-likeness (QED) is 0.674. The zero-order valence-electron chi connectivity index (χ0n) is 13.8. The Kier molecular flexibility index (Phi) is 4.03. The predicted molar refractivity (Wildman–Crippen MR) is 91.8 cm³/mol. The minimum absolute atomic E-state index is 0.106. The van der Waals surface area contributed by atoms with Crippen molar-refractivity contribution in [2.75, 3.05) is 13.1 Å². The number of piperidine rings is 1. The van der Waals surface area contributed by atoms with Gasteiger partial charge in [0.05, 0.1) is 0 Å². The molecule has 1 aromatic rings. The van der Waals surface area contributed by atoms with E-state index in [9.17, 15) is 9.59 Å². The van der Waals surface area contributed by atoms with Crippen LogP contribution in [-0.4, -0.2) is 35.5 Å². The van der Waals surface area contributed by atoms with Gasteiger partial charge in [-0.2, -0.15) is 0 Å². The lowest BCUT2D eigenvalue weighted by Gasteiger charge is -2.40. The summed E-state index contributed by atoms with van der Waals surface area (Å²) in [5.74, 6) is 0.215. The number of ketones is 1. The molecule has 23 heavy (non-hydrogen) atoms. The third-order valence-electron chi connectivity index (χ3n) is 4.72. The maximum absolute atomic E-state index is 12.4. The van der Waals surface area contributed by atoms with Gasteiger partial charge in [-0.05, 0) is 51.3 Å². The summed E-state index contributed by atoms with van der Waals surface area (Å²) >= 11 is 3.44. The Bertz CT molecular complexity index is 655. The van der Waals surface area contributed by atoms with Crippen LogP contribution in [0, 0.1) is 0 Å². The highest BCUT2D eigenvalue weighted by Gasteiger charge is 2.46. The summed E-state index contributed by atoms with van der Waals surface area (Å²) in [5, 5.41) is 0. The maximum atomic E-state index is 12.4. The fourth-order valence-electron chi connectivity index (χ4n) is 3.60. The molecule has 0 N–H and O–H groups in total. The van der Waals surface area contributed by atoms with Crippen molar-refractivity contribution in [1.29, 1.82) is 0 Å². The predicted octanol–water partition coefficient (Wildman–Crippen LogP) is 4.30. The molecule has 4 nitrogen and oxygen atoms in total. The number of halogens is 1. The summed E-state index contributed by atoms with van der Waals surface area (Å²) in [7, 11) is 0. The average Bonchev–Trinajstić information content (AvgIpc) is 2.70. The van der Waals surface area contributed by atoms with Crippen molar-refractivity contribution in [3.8, 4) is 0 Å². The molecule has 0 unspecified atom stereocenters.